The lowest BCUT2D eigenvalue weighted by Gasteiger charge is -2.10. The van der Waals surface area contributed by atoms with Crippen molar-refractivity contribution in [3.8, 4) is 17.6 Å². The number of nitriles is 1. The van der Waals surface area contributed by atoms with Gasteiger partial charge in [-0.15, -0.1) is 11.6 Å². The van der Waals surface area contributed by atoms with Crippen molar-refractivity contribution in [1.82, 2.24) is 0 Å². The maximum atomic E-state index is 9.05. The molecule has 4 heteroatoms. The van der Waals surface area contributed by atoms with Crippen LogP contribution in [0.2, 0.25) is 0 Å². The van der Waals surface area contributed by atoms with E-state index >= 15 is 0 Å². The zero-order valence-electron chi connectivity index (χ0n) is 11.1. The molecule has 0 bridgehead atoms. The van der Waals surface area contributed by atoms with Crippen LogP contribution in [0, 0.1) is 11.3 Å². The van der Waals surface area contributed by atoms with Crippen molar-refractivity contribution in [2.75, 3.05) is 7.11 Å². The van der Waals surface area contributed by atoms with E-state index in [0.717, 1.165) is 16.9 Å². The first-order valence-corrected chi connectivity index (χ1v) is 6.65. The Hall–Kier alpha value is -2.18. The van der Waals surface area contributed by atoms with Crippen LogP contribution in [0.4, 0.5) is 0 Å². The standard InChI is InChI=1S/C16H14ClNO2/c1-19-15-7-6-12(8-14(15)10-18)11-20-16-5-3-2-4-13(16)9-17/h2-8H,9,11H2,1H3. The second kappa shape index (κ2) is 6.83. The zero-order chi connectivity index (χ0) is 14.4. The molecule has 0 spiro atoms. The van der Waals surface area contributed by atoms with Crippen LogP contribution in [0.3, 0.4) is 0 Å². The molecule has 2 aromatic rings. The van der Waals surface area contributed by atoms with Crippen LogP contribution in [-0.4, -0.2) is 7.11 Å². The van der Waals surface area contributed by atoms with Gasteiger partial charge < -0.3 is 9.47 Å². The van der Waals surface area contributed by atoms with Gasteiger partial charge in [0.1, 0.15) is 24.2 Å². The average molecular weight is 288 g/mol. The third-order valence-corrected chi connectivity index (χ3v) is 3.18. The van der Waals surface area contributed by atoms with Gasteiger partial charge in [-0.05, 0) is 23.8 Å². The molecule has 0 saturated heterocycles. The first-order chi connectivity index (χ1) is 9.78. The number of methoxy groups -OCH3 is 1. The minimum absolute atomic E-state index is 0.382. The molecule has 20 heavy (non-hydrogen) atoms. The molecule has 102 valence electrons. The highest BCUT2D eigenvalue weighted by molar-refractivity contribution is 6.17. The Balaban J connectivity index is 2.13. The summed E-state index contributed by atoms with van der Waals surface area (Å²) < 4.78 is 10.9. The predicted octanol–water partition coefficient (Wildman–Crippen LogP) is 3.88. The SMILES string of the molecule is COc1ccc(COc2ccccc2CCl)cc1C#N. The van der Waals surface area contributed by atoms with Crippen molar-refractivity contribution in [2.24, 2.45) is 0 Å². The Morgan fingerprint density at radius 1 is 1.15 bits per heavy atom. The van der Waals surface area contributed by atoms with E-state index in [9.17, 15) is 0 Å². The lowest BCUT2D eigenvalue weighted by Crippen LogP contribution is -1.99. The Morgan fingerprint density at radius 2 is 1.95 bits per heavy atom. The van der Waals surface area contributed by atoms with Gasteiger partial charge in [0.25, 0.3) is 0 Å². The van der Waals surface area contributed by atoms with E-state index in [4.69, 9.17) is 26.3 Å². The van der Waals surface area contributed by atoms with Gasteiger partial charge in [0.2, 0.25) is 0 Å². The van der Waals surface area contributed by atoms with Crippen LogP contribution in [-0.2, 0) is 12.5 Å². The van der Waals surface area contributed by atoms with E-state index in [-0.39, 0.29) is 0 Å². The third-order valence-electron chi connectivity index (χ3n) is 2.90. The highest BCUT2D eigenvalue weighted by Crippen LogP contribution is 2.23. The van der Waals surface area contributed by atoms with E-state index in [1.165, 1.54) is 0 Å². The number of nitrogens with zero attached hydrogens (tertiary/aromatic N) is 1. The number of halogens is 1. The fraction of sp³-hybridized carbons (Fsp3) is 0.188. The molecular weight excluding hydrogens is 274 g/mol. The van der Waals surface area contributed by atoms with Gasteiger partial charge in [-0.2, -0.15) is 5.26 Å². The van der Waals surface area contributed by atoms with Gasteiger partial charge in [0, 0.05) is 5.56 Å². The van der Waals surface area contributed by atoms with Crippen LogP contribution in [0.15, 0.2) is 42.5 Å². The Bertz CT molecular complexity index is 635. The van der Waals surface area contributed by atoms with Gasteiger partial charge in [-0.1, -0.05) is 24.3 Å². The van der Waals surface area contributed by atoms with Gasteiger partial charge in [0.15, 0.2) is 0 Å². The van der Waals surface area contributed by atoms with Crippen molar-refractivity contribution in [3.05, 3.63) is 59.2 Å². The fourth-order valence-electron chi connectivity index (χ4n) is 1.85. The molecular formula is C16H14ClNO2. The molecule has 0 N–H and O–H groups in total. The van der Waals surface area contributed by atoms with E-state index in [2.05, 4.69) is 6.07 Å². The van der Waals surface area contributed by atoms with Crippen molar-refractivity contribution >= 4 is 11.6 Å². The average Bonchev–Trinajstić information content (AvgIpc) is 2.52. The van der Waals surface area contributed by atoms with Crippen LogP contribution < -0.4 is 9.47 Å². The molecule has 0 aliphatic rings. The summed E-state index contributed by atoms with van der Waals surface area (Å²) >= 11 is 5.86. The van der Waals surface area contributed by atoms with E-state index < -0.39 is 0 Å². The molecule has 0 aliphatic carbocycles. The lowest BCUT2D eigenvalue weighted by atomic mass is 10.1. The molecule has 0 saturated carbocycles. The van der Waals surface area contributed by atoms with Gasteiger partial charge in [0.05, 0.1) is 18.6 Å². The topological polar surface area (TPSA) is 42.2 Å². The normalized spacial score (nSPS) is 9.85. The molecule has 0 unspecified atom stereocenters. The maximum Gasteiger partial charge on any atom is 0.136 e. The summed E-state index contributed by atoms with van der Waals surface area (Å²) in [5.74, 6) is 1.73. The second-order valence-corrected chi connectivity index (χ2v) is 4.44. The highest BCUT2D eigenvalue weighted by Gasteiger charge is 2.06. The summed E-state index contributed by atoms with van der Waals surface area (Å²) in [5.41, 5.74) is 2.36. The largest absolute Gasteiger partial charge is 0.495 e. The Morgan fingerprint density at radius 3 is 2.65 bits per heavy atom. The smallest absolute Gasteiger partial charge is 0.136 e. The maximum absolute atomic E-state index is 9.05. The first-order valence-electron chi connectivity index (χ1n) is 6.12. The first kappa shape index (κ1) is 14.2. The third kappa shape index (κ3) is 3.23. The summed E-state index contributed by atoms with van der Waals surface area (Å²) in [4.78, 5) is 0. The zero-order valence-corrected chi connectivity index (χ0v) is 11.9. The summed E-state index contributed by atoms with van der Waals surface area (Å²) in [6.45, 7) is 0.382. The van der Waals surface area contributed by atoms with Gasteiger partial charge >= 0.3 is 0 Å². The highest BCUT2D eigenvalue weighted by atomic mass is 35.5. The minimum Gasteiger partial charge on any atom is -0.495 e. The predicted molar refractivity (Wildman–Crippen MR) is 78.0 cm³/mol. The molecule has 3 nitrogen and oxygen atoms in total. The number of rotatable bonds is 5. The monoisotopic (exact) mass is 287 g/mol. The van der Waals surface area contributed by atoms with E-state index in [1.54, 1.807) is 19.2 Å². The molecule has 0 amide bonds. The van der Waals surface area contributed by atoms with Crippen molar-refractivity contribution in [2.45, 2.75) is 12.5 Å². The van der Waals surface area contributed by atoms with E-state index in [0.29, 0.717) is 23.8 Å². The second-order valence-electron chi connectivity index (χ2n) is 4.18. The van der Waals surface area contributed by atoms with Crippen LogP contribution >= 0.6 is 11.6 Å². The number of benzene rings is 2. The minimum atomic E-state index is 0.382. The van der Waals surface area contributed by atoms with Crippen LogP contribution in [0.1, 0.15) is 16.7 Å². The molecule has 2 aromatic carbocycles. The number of para-hydroxylation sites is 1. The Labute approximate surface area is 123 Å². The molecule has 0 aliphatic heterocycles. The summed E-state index contributed by atoms with van der Waals surface area (Å²) in [7, 11) is 1.54. The number of alkyl halides is 1. The van der Waals surface area contributed by atoms with Crippen molar-refractivity contribution in [1.29, 1.82) is 5.26 Å². The molecule has 0 aromatic heterocycles. The molecule has 0 heterocycles. The molecule has 0 atom stereocenters. The summed E-state index contributed by atoms with van der Waals surface area (Å²) in [6.07, 6.45) is 0. The van der Waals surface area contributed by atoms with Gasteiger partial charge in [-0.3, -0.25) is 0 Å². The lowest BCUT2D eigenvalue weighted by molar-refractivity contribution is 0.303. The molecule has 2 rings (SSSR count). The number of hydrogen-bond donors (Lipinski definition) is 0. The van der Waals surface area contributed by atoms with Crippen molar-refractivity contribution in [3.63, 3.8) is 0 Å². The number of ether oxygens (including phenoxy) is 2. The van der Waals surface area contributed by atoms with Gasteiger partial charge in [-0.25, -0.2) is 0 Å². The number of hydrogen-bond acceptors (Lipinski definition) is 3. The molecule has 0 radical (unpaired) electrons. The van der Waals surface area contributed by atoms with Crippen LogP contribution in [0.5, 0.6) is 11.5 Å². The molecule has 0 fully saturated rings. The Kier molecular flexibility index (Phi) is 4.86. The summed E-state index contributed by atoms with van der Waals surface area (Å²) in [5, 5.41) is 9.05. The summed E-state index contributed by atoms with van der Waals surface area (Å²) in [6, 6.07) is 15.2. The van der Waals surface area contributed by atoms with E-state index in [1.807, 2.05) is 30.3 Å². The van der Waals surface area contributed by atoms with Crippen molar-refractivity contribution < 1.29 is 9.47 Å². The quantitative estimate of drug-likeness (QED) is 0.784. The van der Waals surface area contributed by atoms with Crippen LogP contribution in [0.25, 0.3) is 0 Å². The fourth-order valence-corrected chi connectivity index (χ4v) is 2.07.